The Bertz CT molecular complexity index is 667. The van der Waals surface area contributed by atoms with Gasteiger partial charge in [-0.1, -0.05) is 42.8 Å². The maximum absolute atomic E-state index is 10.4. The van der Waals surface area contributed by atoms with Gasteiger partial charge < -0.3 is 20.4 Å². The zero-order valence-corrected chi connectivity index (χ0v) is 19.7. The van der Waals surface area contributed by atoms with Gasteiger partial charge in [-0.05, 0) is 63.4 Å². The zero-order chi connectivity index (χ0) is 22.1. The van der Waals surface area contributed by atoms with Crippen molar-refractivity contribution < 1.29 is 20.4 Å². The van der Waals surface area contributed by atoms with Gasteiger partial charge in [0, 0.05) is 28.7 Å². The number of aryl methyl sites for hydroxylation is 2. The summed E-state index contributed by atoms with van der Waals surface area (Å²) in [6, 6.07) is 1.96. The van der Waals surface area contributed by atoms with Crippen molar-refractivity contribution in [2.24, 2.45) is 17.8 Å². The van der Waals surface area contributed by atoms with E-state index >= 15 is 0 Å². The highest BCUT2D eigenvalue weighted by atomic mass is 35.5. The highest BCUT2D eigenvalue weighted by Gasteiger charge is 2.39. The van der Waals surface area contributed by atoms with Crippen LogP contribution in [0.4, 0.5) is 0 Å². The molecule has 30 heavy (non-hydrogen) atoms. The van der Waals surface area contributed by atoms with Gasteiger partial charge in [-0.15, -0.1) is 11.3 Å². The molecule has 0 radical (unpaired) electrons. The Kier molecular flexibility index (Phi) is 11.1. The molecule has 0 spiro atoms. The molecule has 1 aliphatic rings. The maximum atomic E-state index is 10.4. The number of aliphatic hydroxyl groups is 4. The first-order valence-electron chi connectivity index (χ1n) is 11.0. The number of allylic oxidation sites excluding steroid dienone is 2. The molecule has 170 valence electrons. The second-order valence-corrected chi connectivity index (χ2v) is 10.4. The summed E-state index contributed by atoms with van der Waals surface area (Å²) in [6.07, 6.45) is 11.7. The minimum absolute atomic E-state index is 0.0326. The van der Waals surface area contributed by atoms with E-state index < -0.39 is 18.3 Å². The molecule has 0 aliphatic heterocycles. The minimum atomic E-state index is -0.583. The van der Waals surface area contributed by atoms with Crippen LogP contribution in [0, 0.1) is 24.7 Å². The molecule has 1 aromatic rings. The number of unbranched alkanes of at least 4 members (excludes halogenated alkanes) is 1. The molecule has 2 rings (SSSR count). The molecule has 0 saturated heterocycles. The second kappa shape index (κ2) is 13.0. The molecule has 1 saturated carbocycles. The van der Waals surface area contributed by atoms with Crippen LogP contribution in [-0.4, -0.2) is 45.3 Å². The number of halogens is 1. The minimum Gasteiger partial charge on any atom is -0.396 e. The maximum Gasteiger partial charge on any atom is 0.0724 e. The molecule has 4 nitrogen and oxygen atoms in total. The van der Waals surface area contributed by atoms with Gasteiger partial charge in [-0.25, -0.2) is 0 Å². The van der Waals surface area contributed by atoms with Crippen LogP contribution >= 0.6 is 22.9 Å². The summed E-state index contributed by atoms with van der Waals surface area (Å²) in [5.74, 6) is 0.161. The van der Waals surface area contributed by atoms with Crippen molar-refractivity contribution in [1.29, 1.82) is 0 Å². The summed E-state index contributed by atoms with van der Waals surface area (Å²) < 4.78 is 0. The van der Waals surface area contributed by atoms with E-state index in [2.05, 4.69) is 12.2 Å². The average molecular weight is 457 g/mol. The number of rotatable bonds is 12. The van der Waals surface area contributed by atoms with Gasteiger partial charge in [-0.2, -0.15) is 0 Å². The lowest BCUT2D eigenvalue weighted by molar-refractivity contribution is 0.120. The number of hydrogen-bond donors (Lipinski definition) is 4. The van der Waals surface area contributed by atoms with Gasteiger partial charge in [0.15, 0.2) is 0 Å². The van der Waals surface area contributed by atoms with Crippen LogP contribution in [0.15, 0.2) is 30.4 Å². The summed E-state index contributed by atoms with van der Waals surface area (Å²) in [5, 5.41) is 40.9. The molecule has 0 bridgehead atoms. The van der Waals surface area contributed by atoms with Gasteiger partial charge in [0.2, 0.25) is 0 Å². The average Bonchev–Trinajstić information content (AvgIpc) is 3.17. The fraction of sp³-hybridized carbons (Fsp3) is 0.667. The highest BCUT2D eigenvalue weighted by Crippen LogP contribution is 2.36. The summed E-state index contributed by atoms with van der Waals surface area (Å²) in [7, 11) is 0. The molecular weight excluding hydrogens is 420 g/mol. The molecule has 0 unspecified atom stereocenters. The van der Waals surface area contributed by atoms with Crippen molar-refractivity contribution in [2.75, 3.05) is 6.61 Å². The quantitative estimate of drug-likeness (QED) is 0.272. The normalized spacial score (nSPS) is 26.8. The molecule has 0 aromatic carbocycles. The molecular formula is C24H37ClO4S. The molecule has 0 amide bonds. The van der Waals surface area contributed by atoms with Gasteiger partial charge in [0.05, 0.1) is 23.3 Å². The largest absolute Gasteiger partial charge is 0.396 e. The molecule has 1 aromatic heterocycles. The van der Waals surface area contributed by atoms with E-state index in [9.17, 15) is 15.3 Å². The van der Waals surface area contributed by atoms with Gasteiger partial charge in [-0.3, -0.25) is 0 Å². The van der Waals surface area contributed by atoms with Gasteiger partial charge in [0.1, 0.15) is 0 Å². The Morgan fingerprint density at radius 2 is 2.00 bits per heavy atom. The lowest BCUT2D eigenvalue weighted by Gasteiger charge is -2.19. The fourth-order valence-corrected chi connectivity index (χ4v) is 5.30. The Labute approximate surface area is 189 Å². The van der Waals surface area contributed by atoms with Crippen molar-refractivity contribution in [3.8, 4) is 0 Å². The Balaban J connectivity index is 1.81. The number of thiophene rings is 1. The Morgan fingerprint density at radius 3 is 2.67 bits per heavy atom. The first-order chi connectivity index (χ1) is 14.3. The third kappa shape index (κ3) is 8.10. The van der Waals surface area contributed by atoms with E-state index in [1.807, 2.05) is 26.0 Å². The van der Waals surface area contributed by atoms with Crippen LogP contribution in [0.5, 0.6) is 0 Å². The highest BCUT2D eigenvalue weighted by molar-refractivity contribution is 7.12. The van der Waals surface area contributed by atoms with E-state index in [0.717, 1.165) is 40.5 Å². The summed E-state index contributed by atoms with van der Waals surface area (Å²) in [5.41, 5.74) is 0. The third-order valence-electron chi connectivity index (χ3n) is 6.02. The van der Waals surface area contributed by atoms with Crippen LogP contribution in [-0.2, 0) is 6.42 Å². The predicted octanol–water partition coefficient (Wildman–Crippen LogP) is 4.66. The SMILES string of the molecule is Cc1sc(CC[C@H](O)/C=C/[C@@H]2[C@@H](C/C=C\CCC[C@@H](C)CO)[C@@H](O)C[C@H]2O)cc1Cl. The van der Waals surface area contributed by atoms with Gasteiger partial charge >= 0.3 is 0 Å². The van der Waals surface area contributed by atoms with Crippen molar-refractivity contribution in [3.63, 3.8) is 0 Å². The Hall–Kier alpha value is -0.690. The number of hydrogen-bond acceptors (Lipinski definition) is 5. The van der Waals surface area contributed by atoms with Crippen molar-refractivity contribution in [1.82, 2.24) is 0 Å². The first-order valence-corrected chi connectivity index (χ1v) is 12.2. The number of aliphatic hydroxyl groups excluding tert-OH is 4. The standard InChI is InChI=1S/C24H37ClO4S/c1-16(15-26)7-5-3-4-6-8-20-21(24(29)14-23(20)28)12-10-18(27)9-11-19-13-22(25)17(2)30-19/h4,6,10,12-13,16,18,20-21,23-24,26-29H,3,5,7-9,11,14-15H2,1-2H3/b6-4-,12-10+/t16-,18+,20-,21-,23+,24-/m1/s1. The molecule has 6 heteroatoms. The second-order valence-electron chi connectivity index (χ2n) is 8.65. The predicted molar refractivity (Wildman–Crippen MR) is 125 cm³/mol. The van der Waals surface area contributed by atoms with Crippen LogP contribution in [0.2, 0.25) is 5.02 Å². The molecule has 1 fully saturated rings. The van der Waals surface area contributed by atoms with E-state index in [4.69, 9.17) is 16.7 Å². The molecule has 1 heterocycles. The van der Waals surface area contributed by atoms with E-state index in [0.29, 0.717) is 25.2 Å². The van der Waals surface area contributed by atoms with E-state index in [-0.39, 0.29) is 18.4 Å². The van der Waals surface area contributed by atoms with Gasteiger partial charge in [0.25, 0.3) is 0 Å². The summed E-state index contributed by atoms with van der Waals surface area (Å²) >= 11 is 7.75. The van der Waals surface area contributed by atoms with Crippen molar-refractivity contribution in [3.05, 3.63) is 45.1 Å². The topological polar surface area (TPSA) is 80.9 Å². The van der Waals surface area contributed by atoms with Crippen LogP contribution in [0.1, 0.15) is 55.2 Å². The van der Waals surface area contributed by atoms with Crippen LogP contribution in [0.3, 0.4) is 0 Å². The van der Waals surface area contributed by atoms with E-state index in [1.165, 1.54) is 0 Å². The van der Waals surface area contributed by atoms with E-state index in [1.54, 1.807) is 17.4 Å². The summed E-state index contributed by atoms with van der Waals surface area (Å²) in [6.45, 7) is 4.27. The monoisotopic (exact) mass is 456 g/mol. The first kappa shape index (κ1) is 25.6. The molecule has 1 aliphatic carbocycles. The third-order valence-corrected chi connectivity index (χ3v) is 7.64. The van der Waals surface area contributed by atoms with Crippen molar-refractivity contribution in [2.45, 2.75) is 77.1 Å². The van der Waals surface area contributed by atoms with Crippen LogP contribution in [0.25, 0.3) is 0 Å². The van der Waals surface area contributed by atoms with Crippen molar-refractivity contribution >= 4 is 22.9 Å². The fourth-order valence-electron chi connectivity index (χ4n) is 4.04. The zero-order valence-electron chi connectivity index (χ0n) is 18.1. The summed E-state index contributed by atoms with van der Waals surface area (Å²) in [4.78, 5) is 2.26. The van der Waals surface area contributed by atoms with Crippen LogP contribution < -0.4 is 0 Å². The lowest BCUT2D eigenvalue weighted by Crippen LogP contribution is -2.20. The molecule has 6 atom stereocenters. The smallest absolute Gasteiger partial charge is 0.0724 e. The Morgan fingerprint density at radius 1 is 1.23 bits per heavy atom. The molecule has 4 N–H and O–H groups in total. The lowest BCUT2D eigenvalue weighted by atomic mass is 9.89.